The second-order valence-electron chi connectivity index (χ2n) is 4.82. The molecule has 4 heteroatoms. The van der Waals surface area contributed by atoms with E-state index in [1.165, 1.54) is 12.1 Å². The van der Waals surface area contributed by atoms with Crippen LogP contribution in [0.4, 0.5) is 21.5 Å². The Morgan fingerprint density at radius 3 is 2.57 bits per heavy atom. The molecule has 0 fully saturated rings. The first kappa shape index (κ1) is 13.4. The maximum Gasteiger partial charge on any atom is 0.123 e. The highest BCUT2D eigenvalue weighted by Crippen LogP contribution is 2.35. The summed E-state index contributed by atoms with van der Waals surface area (Å²) in [6.07, 6.45) is 3.53. The molecule has 0 atom stereocenters. The van der Waals surface area contributed by atoms with Crippen molar-refractivity contribution in [1.82, 2.24) is 4.98 Å². The van der Waals surface area contributed by atoms with E-state index in [-0.39, 0.29) is 5.82 Å². The van der Waals surface area contributed by atoms with Gasteiger partial charge in [-0.05, 0) is 43.3 Å². The van der Waals surface area contributed by atoms with Crippen LogP contribution in [0.2, 0.25) is 0 Å². The SMILES string of the molecule is CCN(c1ccc(F)cc1)c1ccc2cnccc2c1N. The van der Waals surface area contributed by atoms with Crippen molar-refractivity contribution in [3.8, 4) is 0 Å². The Kier molecular flexibility index (Phi) is 3.44. The fraction of sp³-hybridized carbons (Fsp3) is 0.118. The minimum Gasteiger partial charge on any atom is -0.397 e. The number of benzene rings is 2. The smallest absolute Gasteiger partial charge is 0.123 e. The molecule has 0 spiro atoms. The molecule has 21 heavy (non-hydrogen) atoms. The maximum atomic E-state index is 13.1. The minimum atomic E-state index is -0.243. The Balaban J connectivity index is 2.12. The summed E-state index contributed by atoms with van der Waals surface area (Å²) in [4.78, 5) is 6.17. The number of nitrogens with two attached hydrogens (primary N) is 1. The largest absolute Gasteiger partial charge is 0.397 e. The van der Waals surface area contributed by atoms with Crippen LogP contribution >= 0.6 is 0 Å². The highest BCUT2D eigenvalue weighted by Gasteiger charge is 2.12. The average Bonchev–Trinajstić information content (AvgIpc) is 2.52. The Hall–Kier alpha value is -2.62. The minimum absolute atomic E-state index is 0.243. The summed E-state index contributed by atoms with van der Waals surface area (Å²) in [6.45, 7) is 2.78. The van der Waals surface area contributed by atoms with Crippen molar-refractivity contribution in [3.05, 3.63) is 60.7 Å². The lowest BCUT2D eigenvalue weighted by molar-refractivity contribution is 0.628. The quantitative estimate of drug-likeness (QED) is 0.734. The van der Waals surface area contributed by atoms with Crippen LogP contribution in [0.25, 0.3) is 10.8 Å². The molecule has 0 saturated carbocycles. The van der Waals surface area contributed by atoms with E-state index in [1.54, 1.807) is 24.5 Å². The van der Waals surface area contributed by atoms with Crippen molar-refractivity contribution in [2.45, 2.75) is 6.92 Å². The fourth-order valence-electron chi connectivity index (χ4n) is 2.53. The van der Waals surface area contributed by atoms with Crippen LogP contribution in [-0.4, -0.2) is 11.5 Å². The molecule has 2 N–H and O–H groups in total. The fourth-order valence-corrected chi connectivity index (χ4v) is 2.53. The predicted molar refractivity (Wildman–Crippen MR) is 85.2 cm³/mol. The molecule has 3 rings (SSSR count). The van der Waals surface area contributed by atoms with Gasteiger partial charge in [0.2, 0.25) is 0 Å². The van der Waals surface area contributed by atoms with E-state index in [2.05, 4.69) is 9.88 Å². The van der Waals surface area contributed by atoms with E-state index in [9.17, 15) is 4.39 Å². The third-order valence-corrected chi connectivity index (χ3v) is 3.58. The van der Waals surface area contributed by atoms with Gasteiger partial charge in [-0.15, -0.1) is 0 Å². The van der Waals surface area contributed by atoms with Gasteiger partial charge in [-0.2, -0.15) is 0 Å². The molecular weight excluding hydrogens is 265 g/mol. The number of hydrogen-bond donors (Lipinski definition) is 1. The van der Waals surface area contributed by atoms with E-state index in [1.807, 2.05) is 25.1 Å². The van der Waals surface area contributed by atoms with Crippen molar-refractivity contribution in [2.24, 2.45) is 0 Å². The number of pyridine rings is 1. The van der Waals surface area contributed by atoms with Crippen LogP contribution in [0.3, 0.4) is 0 Å². The van der Waals surface area contributed by atoms with Crippen molar-refractivity contribution < 1.29 is 4.39 Å². The number of hydrogen-bond acceptors (Lipinski definition) is 3. The summed E-state index contributed by atoms with van der Waals surface area (Å²) in [5.74, 6) is -0.243. The van der Waals surface area contributed by atoms with Gasteiger partial charge < -0.3 is 10.6 Å². The lowest BCUT2D eigenvalue weighted by atomic mass is 10.1. The first-order valence-electron chi connectivity index (χ1n) is 6.86. The van der Waals surface area contributed by atoms with Gasteiger partial charge in [-0.1, -0.05) is 6.07 Å². The van der Waals surface area contributed by atoms with Gasteiger partial charge >= 0.3 is 0 Å². The van der Waals surface area contributed by atoms with Crippen molar-refractivity contribution in [2.75, 3.05) is 17.2 Å². The molecule has 1 aromatic heterocycles. The van der Waals surface area contributed by atoms with E-state index in [4.69, 9.17) is 5.73 Å². The molecule has 0 aliphatic rings. The zero-order valence-corrected chi connectivity index (χ0v) is 11.8. The topological polar surface area (TPSA) is 42.2 Å². The maximum absolute atomic E-state index is 13.1. The Bertz CT molecular complexity index is 769. The molecule has 0 bridgehead atoms. The van der Waals surface area contributed by atoms with Crippen molar-refractivity contribution >= 4 is 27.8 Å². The first-order valence-corrected chi connectivity index (χ1v) is 6.86. The third-order valence-electron chi connectivity index (χ3n) is 3.58. The van der Waals surface area contributed by atoms with Crippen LogP contribution < -0.4 is 10.6 Å². The second kappa shape index (κ2) is 5.40. The third kappa shape index (κ3) is 2.40. The van der Waals surface area contributed by atoms with Crippen molar-refractivity contribution in [3.63, 3.8) is 0 Å². The van der Waals surface area contributed by atoms with Gasteiger partial charge in [-0.25, -0.2) is 4.39 Å². The number of nitrogen functional groups attached to an aromatic ring is 1. The number of nitrogens with zero attached hydrogens (tertiary/aromatic N) is 2. The monoisotopic (exact) mass is 281 g/mol. The average molecular weight is 281 g/mol. The number of aromatic nitrogens is 1. The van der Waals surface area contributed by atoms with Crippen LogP contribution in [0, 0.1) is 5.82 Å². The normalized spacial score (nSPS) is 10.8. The van der Waals surface area contributed by atoms with E-state index in [0.29, 0.717) is 5.69 Å². The molecule has 0 aliphatic heterocycles. The Morgan fingerprint density at radius 2 is 1.86 bits per heavy atom. The van der Waals surface area contributed by atoms with Gasteiger partial charge in [-0.3, -0.25) is 4.98 Å². The Morgan fingerprint density at radius 1 is 1.10 bits per heavy atom. The summed E-state index contributed by atoms with van der Waals surface area (Å²) >= 11 is 0. The van der Waals surface area contributed by atoms with Crippen LogP contribution in [0.1, 0.15) is 6.92 Å². The van der Waals surface area contributed by atoms with Crippen LogP contribution in [0.5, 0.6) is 0 Å². The number of rotatable bonds is 3. The molecule has 106 valence electrons. The molecule has 0 unspecified atom stereocenters. The summed E-state index contributed by atoms with van der Waals surface area (Å²) in [5.41, 5.74) is 8.86. The molecular formula is C17H16FN3. The van der Waals surface area contributed by atoms with E-state index < -0.39 is 0 Å². The zero-order chi connectivity index (χ0) is 14.8. The first-order chi connectivity index (χ1) is 10.2. The molecule has 3 aromatic rings. The van der Waals surface area contributed by atoms with Crippen LogP contribution in [-0.2, 0) is 0 Å². The molecule has 3 nitrogen and oxygen atoms in total. The predicted octanol–water partition coefficient (Wildman–Crippen LogP) is 4.11. The summed E-state index contributed by atoms with van der Waals surface area (Å²) in [7, 11) is 0. The van der Waals surface area contributed by atoms with E-state index in [0.717, 1.165) is 28.7 Å². The lowest BCUT2D eigenvalue weighted by Gasteiger charge is -2.25. The summed E-state index contributed by atoms with van der Waals surface area (Å²) < 4.78 is 13.1. The highest BCUT2D eigenvalue weighted by atomic mass is 19.1. The molecule has 0 aliphatic carbocycles. The van der Waals surface area contributed by atoms with E-state index >= 15 is 0 Å². The zero-order valence-electron chi connectivity index (χ0n) is 11.8. The summed E-state index contributed by atoms with van der Waals surface area (Å²) in [6, 6.07) is 12.3. The molecule has 1 heterocycles. The van der Waals surface area contributed by atoms with Crippen LogP contribution in [0.15, 0.2) is 54.9 Å². The number of anilines is 3. The van der Waals surface area contributed by atoms with Crippen molar-refractivity contribution in [1.29, 1.82) is 0 Å². The van der Waals surface area contributed by atoms with Gasteiger partial charge in [0, 0.05) is 35.4 Å². The molecule has 0 radical (unpaired) electrons. The lowest BCUT2D eigenvalue weighted by Crippen LogP contribution is -2.17. The van der Waals surface area contributed by atoms with Gasteiger partial charge in [0.15, 0.2) is 0 Å². The van der Waals surface area contributed by atoms with Gasteiger partial charge in [0.1, 0.15) is 5.82 Å². The summed E-state index contributed by atoms with van der Waals surface area (Å²) in [5, 5.41) is 1.98. The molecule has 0 amide bonds. The second-order valence-corrected chi connectivity index (χ2v) is 4.82. The highest BCUT2D eigenvalue weighted by molar-refractivity contribution is 5.99. The number of halogens is 1. The Labute approximate surface area is 122 Å². The number of fused-ring (bicyclic) bond motifs is 1. The van der Waals surface area contributed by atoms with Gasteiger partial charge in [0.25, 0.3) is 0 Å². The molecule has 0 saturated heterocycles. The standard InChI is InChI=1S/C17H16FN3/c1-2-21(14-6-4-13(18)5-7-14)16-8-3-12-11-20-10-9-15(12)17(16)19/h3-11H,2,19H2,1H3. The van der Waals surface area contributed by atoms with Gasteiger partial charge in [0.05, 0.1) is 11.4 Å². The molecule has 2 aromatic carbocycles.